The Hall–Kier alpha value is -2.19. The summed E-state index contributed by atoms with van der Waals surface area (Å²) in [6.07, 6.45) is 2.14. The highest BCUT2D eigenvalue weighted by molar-refractivity contribution is 8.01. The average Bonchev–Trinajstić information content (AvgIpc) is 3.33. The third-order valence-corrected chi connectivity index (χ3v) is 7.31. The van der Waals surface area contributed by atoms with Crippen LogP contribution in [-0.4, -0.2) is 26.2 Å². The zero-order valence-corrected chi connectivity index (χ0v) is 22.0. The van der Waals surface area contributed by atoms with Gasteiger partial charge in [0.1, 0.15) is 11.5 Å². The molecule has 0 spiro atoms. The fourth-order valence-corrected chi connectivity index (χ4v) is 6.22. The van der Waals surface area contributed by atoms with E-state index in [0.717, 1.165) is 21.0 Å². The number of benzene rings is 2. The lowest BCUT2D eigenvalue weighted by atomic mass is 10.1. The molecule has 0 saturated carbocycles. The summed E-state index contributed by atoms with van der Waals surface area (Å²) in [5.41, 5.74) is 3.52. The summed E-state index contributed by atoms with van der Waals surface area (Å²) in [7, 11) is 0. The molecule has 4 aromatic rings. The van der Waals surface area contributed by atoms with Gasteiger partial charge in [-0.3, -0.25) is 0 Å². The third kappa shape index (κ3) is 6.27. The summed E-state index contributed by atoms with van der Waals surface area (Å²) in [6.45, 7) is 6.08. The van der Waals surface area contributed by atoms with E-state index in [2.05, 4.69) is 18.9 Å². The van der Waals surface area contributed by atoms with Gasteiger partial charge in [-0.2, -0.15) is 14.7 Å². The van der Waals surface area contributed by atoms with Crippen LogP contribution in [0.5, 0.6) is 0 Å². The number of aryl methyl sites for hydroxylation is 1. The van der Waals surface area contributed by atoms with Gasteiger partial charge >= 0.3 is 6.15 Å². The number of rotatable bonds is 5. The lowest BCUT2D eigenvalue weighted by Crippen LogP contribution is -1.94. The van der Waals surface area contributed by atoms with Crippen molar-refractivity contribution in [1.82, 2.24) is 14.8 Å². The quantitative estimate of drug-likeness (QED) is 0.233. The van der Waals surface area contributed by atoms with Crippen LogP contribution in [0.2, 0.25) is 15.1 Å². The lowest BCUT2D eigenvalue weighted by molar-refractivity contribution is -0.191. The second-order valence-corrected chi connectivity index (χ2v) is 11.4. The third-order valence-electron chi connectivity index (χ3n) is 4.38. The largest absolute Gasteiger partial charge is 0.373 e. The van der Waals surface area contributed by atoms with Crippen molar-refractivity contribution in [3.8, 4) is 27.5 Å². The van der Waals surface area contributed by atoms with E-state index in [1.54, 1.807) is 28.6 Å². The number of thiazole rings is 1. The van der Waals surface area contributed by atoms with Crippen molar-refractivity contribution in [2.45, 2.75) is 30.2 Å². The number of halogens is 4. The van der Waals surface area contributed by atoms with E-state index >= 15 is 0 Å². The van der Waals surface area contributed by atoms with Gasteiger partial charge in [-0.05, 0) is 48.9 Å². The second kappa shape index (κ2) is 11.5. The maximum absolute atomic E-state index is 14.6. The van der Waals surface area contributed by atoms with Crippen LogP contribution in [0.15, 0.2) is 46.8 Å². The minimum Gasteiger partial charge on any atom is -0.217 e. The first-order chi connectivity index (χ1) is 16.1. The van der Waals surface area contributed by atoms with Crippen molar-refractivity contribution in [2.24, 2.45) is 0 Å². The Labute approximate surface area is 218 Å². The van der Waals surface area contributed by atoms with Crippen molar-refractivity contribution in [3.05, 3.63) is 69.2 Å². The summed E-state index contributed by atoms with van der Waals surface area (Å²) >= 11 is 21.6. The van der Waals surface area contributed by atoms with Gasteiger partial charge in [-0.25, -0.2) is 14.1 Å². The van der Waals surface area contributed by atoms with E-state index < -0.39 is 0 Å². The molecule has 0 saturated heterocycles. The van der Waals surface area contributed by atoms with Crippen molar-refractivity contribution in [2.75, 3.05) is 0 Å². The van der Waals surface area contributed by atoms with E-state index in [1.807, 2.05) is 25.3 Å². The molecule has 34 heavy (non-hydrogen) atoms. The van der Waals surface area contributed by atoms with Gasteiger partial charge in [0.2, 0.25) is 5.13 Å². The molecule has 176 valence electrons. The van der Waals surface area contributed by atoms with Crippen molar-refractivity contribution in [1.29, 1.82) is 0 Å². The number of nitrogens with zero attached hydrogens (tertiary/aromatic N) is 3. The topological polar surface area (TPSA) is 64.8 Å². The van der Waals surface area contributed by atoms with Gasteiger partial charge in [0.05, 0.1) is 9.90 Å². The molecule has 0 atom stereocenters. The first-order valence-electron chi connectivity index (χ1n) is 9.78. The Kier molecular flexibility index (Phi) is 8.93. The van der Waals surface area contributed by atoms with E-state index in [0.29, 0.717) is 36.7 Å². The molecule has 4 rings (SSSR count). The van der Waals surface area contributed by atoms with Crippen molar-refractivity contribution < 1.29 is 14.0 Å². The van der Waals surface area contributed by atoms with Gasteiger partial charge in [0, 0.05) is 37.6 Å². The van der Waals surface area contributed by atoms with E-state index in [4.69, 9.17) is 49.4 Å². The molecule has 0 aliphatic carbocycles. The molecular weight excluding hydrogens is 540 g/mol. The van der Waals surface area contributed by atoms with E-state index in [9.17, 15) is 4.39 Å². The SMILES string of the molecule is Cc1nn(-c2nc(-c3cc(Cl)ccc3F)c(SC(C)C)s2)cc1-c1cc(Cl)cc(Cl)c1.O=C=O. The number of hydrogen-bond acceptors (Lipinski definition) is 6. The summed E-state index contributed by atoms with van der Waals surface area (Å²) in [6, 6.07) is 9.87. The normalized spacial score (nSPS) is 10.7. The van der Waals surface area contributed by atoms with Crippen LogP contribution < -0.4 is 0 Å². The van der Waals surface area contributed by atoms with Crippen LogP contribution in [0.25, 0.3) is 27.5 Å². The summed E-state index contributed by atoms with van der Waals surface area (Å²) in [4.78, 5) is 21.0. The fraction of sp³-hybridized carbons (Fsp3) is 0.174. The predicted molar refractivity (Wildman–Crippen MR) is 136 cm³/mol. The minimum atomic E-state index is -0.363. The second-order valence-electron chi connectivity index (χ2n) is 7.24. The van der Waals surface area contributed by atoms with Crippen molar-refractivity contribution >= 4 is 64.1 Å². The van der Waals surface area contributed by atoms with Crippen LogP contribution >= 0.6 is 57.9 Å². The van der Waals surface area contributed by atoms with Gasteiger partial charge in [0.25, 0.3) is 0 Å². The maximum atomic E-state index is 14.6. The predicted octanol–water partition coefficient (Wildman–Crippen LogP) is 7.99. The molecule has 11 heteroatoms. The zero-order valence-electron chi connectivity index (χ0n) is 18.1. The summed E-state index contributed by atoms with van der Waals surface area (Å²) < 4.78 is 17.2. The van der Waals surface area contributed by atoms with Gasteiger partial charge < -0.3 is 0 Å². The monoisotopic (exact) mass is 555 g/mol. The van der Waals surface area contributed by atoms with Gasteiger partial charge in [-0.1, -0.05) is 60.0 Å². The van der Waals surface area contributed by atoms with Crippen molar-refractivity contribution in [3.63, 3.8) is 0 Å². The molecule has 0 radical (unpaired) electrons. The van der Waals surface area contributed by atoms with Crippen LogP contribution in [0.1, 0.15) is 19.5 Å². The number of thioether (sulfide) groups is 1. The molecule has 0 aliphatic rings. The van der Waals surface area contributed by atoms with E-state index in [-0.39, 0.29) is 12.0 Å². The summed E-state index contributed by atoms with van der Waals surface area (Å²) in [5, 5.41) is 7.14. The van der Waals surface area contributed by atoms with Gasteiger partial charge in [0.15, 0.2) is 0 Å². The first-order valence-corrected chi connectivity index (χ1v) is 12.6. The number of hydrogen-bond donors (Lipinski definition) is 0. The van der Waals surface area contributed by atoms with E-state index in [1.165, 1.54) is 23.5 Å². The molecule has 0 bridgehead atoms. The molecule has 0 fully saturated rings. The zero-order chi connectivity index (χ0) is 25.0. The fourth-order valence-electron chi connectivity index (χ4n) is 3.09. The highest BCUT2D eigenvalue weighted by atomic mass is 35.5. The number of aromatic nitrogens is 3. The molecule has 2 heterocycles. The Morgan fingerprint density at radius 1 is 1.03 bits per heavy atom. The maximum Gasteiger partial charge on any atom is 0.373 e. The lowest BCUT2D eigenvalue weighted by Gasteiger charge is -2.06. The Balaban J connectivity index is 0.00000103. The highest BCUT2D eigenvalue weighted by Crippen LogP contribution is 2.41. The molecule has 0 unspecified atom stereocenters. The Bertz CT molecular complexity index is 1350. The number of carbonyl (C=O) groups excluding carboxylic acids is 2. The highest BCUT2D eigenvalue weighted by Gasteiger charge is 2.21. The molecule has 2 aromatic heterocycles. The van der Waals surface area contributed by atoms with Crippen LogP contribution in [-0.2, 0) is 9.59 Å². The molecule has 0 aliphatic heterocycles. The first kappa shape index (κ1) is 26.4. The average molecular weight is 557 g/mol. The Morgan fingerprint density at radius 3 is 2.29 bits per heavy atom. The molecule has 0 amide bonds. The van der Waals surface area contributed by atoms with Crippen LogP contribution in [0.3, 0.4) is 0 Å². The molecular formula is C23H17Cl3FN3O2S2. The molecule has 2 aromatic carbocycles. The standard InChI is InChI=1S/C22H17Cl3FN3S2.CO2/c1-11(2)30-21-20(17-9-14(23)4-5-19(17)26)27-22(31-21)29-10-18(12(3)28-29)13-6-15(24)8-16(25)7-13;2-1-3/h4-11H,1-3H3;. The summed E-state index contributed by atoms with van der Waals surface area (Å²) in [5.74, 6) is -0.363. The molecule has 5 nitrogen and oxygen atoms in total. The smallest absolute Gasteiger partial charge is 0.217 e. The van der Waals surface area contributed by atoms with Crippen LogP contribution in [0.4, 0.5) is 4.39 Å². The Morgan fingerprint density at radius 2 is 1.68 bits per heavy atom. The van der Waals surface area contributed by atoms with Crippen LogP contribution in [0, 0.1) is 12.7 Å². The minimum absolute atomic E-state index is 0.250. The molecule has 0 N–H and O–H groups in total. The van der Waals surface area contributed by atoms with Gasteiger partial charge in [-0.15, -0.1) is 11.8 Å².